The van der Waals surface area contributed by atoms with Crippen molar-refractivity contribution >= 4 is 28.6 Å². The predicted octanol–water partition coefficient (Wildman–Crippen LogP) is 4.20. The molecule has 2 aromatic heterocycles. The van der Waals surface area contributed by atoms with Gasteiger partial charge in [-0.2, -0.15) is 16.3 Å². The first-order valence-corrected chi connectivity index (χ1v) is 7.09. The molecule has 0 amide bonds. The largest absolute Gasteiger partial charge is 0.374 e. The van der Waals surface area contributed by atoms with E-state index in [0.717, 1.165) is 5.56 Å². The van der Waals surface area contributed by atoms with Gasteiger partial charge in [0.15, 0.2) is 5.82 Å². The maximum atomic E-state index is 13.7. The summed E-state index contributed by atoms with van der Waals surface area (Å²) in [6, 6.07) is 6.66. The van der Waals surface area contributed by atoms with Crippen LogP contribution < -0.4 is 5.32 Å². The van der Waals surface area contributed by atoms with Gasteiger partial charge in [-0.25, -0.2) is 4.39 Å². The van der Waals surface area contributed by atoms with E-state index >= 15 is 0 Å². The van der Waals surface area contributed by atoms with Crippen LogP contribution in [0.4, 0.5) is 10.1 Å². The first kappa shape index (κ1) is 13.1. The van der Waals surface area contributed by atoms with Crippen LogP contribution in [0.2, 0.25) is 5.02 Å². The third-order valence-electron chi connectivity index (χ3n) is 2.63. The molecule has 7 heteroatoms. The van der Waals surface area contributed by atoms with E-state index in [1.807, 2.05) is 16.8 Å². The molecule has 0 aliphatic heterocycles. The van der Waals surface area contributed by atoms with Gasteiger partial charge in [-0.15, -0.1) is 0 Å². The zero-order chi connectivity index (χ0) is 13.9. The first-order valence-electron chi connectivity index (χ1n) is 5.77. The molecule has 0 spiro atoms. The van der Waals surface area contributed by atoms with Crippen LogP contribution in [-0.2, 0) is 6.54 Å². The average molecular weight is 310 g/mol. The highest BCUT2D eigenvalue weighted by atomic mass is 35.5. The summed E-state index contributed by atoms with van der Waals surface area (Å²) in [6.45, 7) is 0.231. The first-order chi connectivity index (χ1) is 9.74. The molecule has 1 aromatic carbocycles. The number of hydrogen-bond acceptors (Lipinski definition) is 5. The number of halogens is 2. The van der Waals surface area contributed by atoms with Crippen LogP contribution in [0.15, 0.2) is 39.5 Å². The summed E-state index contributed by atoms with van der Waals surface area (Å²) in [5, 5.41) is 10.7. The molecular formula is C13H9ClFN3OS. The molecule has 102 valence electrons. The second kappa shape index (κ2) is 5.60. The van der Waals surface area contributed by atoms with Gasteiger partial charge in [0.05, 0.1) is 17.3 Å². The normalized spacial score (nSPS) is 10.7. The Morgan fingerprint density at radius 2 is 2.25 bits per heavy atom. The summed E-state index contributed by atoms with van der Waals surface area (Å²) in [5.41, 5.74) is 1.20. The number of hydrogen-bond donors (Lipinski definition) is 1. The molecule has 2 heterocycles. The summed E-state index contributed by atoms with van der Waals surface area (Å²) in [7, 11) is 0. The van der Waals surface area contributed by atoms with E-state index in [2.05, 4.69) is 15.5 Å². The minimum atomic E-state index is -0.494. The molecule has 0 fully saturated rings. The van der Waals surface area contributed by atoms with Crippen molar-refractivity contribution in [3.63, 3.8) is 0 Å². The van der Waals surface area contributed by atoms with Crippen molar-refractivity contribution in [3.8, 4) is 11.4 Å². The van der Waals surface area contributed by atoms with E-state index in [1.165, 1.54) is 6.07 Å². The second-order valence-corrected chi connectivity index (χ2v) is 5.17. The highest BCUT2D eigenvalue weighted by molar-refractivity contribution is 7.08. The van der Waals surface area contributed by atoms with E-state index in [9.17, 15) is 4.39 Å². The lowest BCUT2D eigenvalue weighted by Gasteiger charge is -2.05. The van der Waals surface area contributed by atoms with Gasteiger partial charge >= 0.3 is 0 Å². The van der Waals surface area contributed by atoms with E-state index < -0.39 is 5.82 Å². The lowest BCUT2D eigenvalue weighted by atomic mass is 10.3. The molecule has 3 rings (SSSR count). The van der Waals surface area contributed by atoms with Gasteiger partial charge in [-0.05, 0) is 23.6 Å². The molecule has 3 aromatic rings. The van der Waals surface area contributed by atoms with Gasteiger partial charge in [0.1, 0.15) is 0 Å². The summed E-state index contributed by atoms with van der Waals surface area (Å²) in [4.78, 5) is 4.23. The van der Waals surface area contributed by atoms with Crippen molar-refractivity contribution in [2.24, 2.45) is 0 Å². The van der Waals surface area contributed by atoms with Gasteiger partial charge in [-0.3, -0.25) is 0 Å². The molecule has 1 N–H and O–H groups in total. The molecule has 0 unspecified atom stereocenters. The van der Waals surface area contributed by atoms with Crippen LogP contribution in [0.3, 0.4) is 0 Å². The molecule has 0 bridgehead atoms. The highest BCUT2D eigenvalue weighted by Gasteiger charge is 2.10. The molecular weight excluding hydrogens is 301 g/mol. The number of nitrogens with zero attached hydrogens (tertiary/aromatic N) is 2. The van der Waals surface area contributed by atoms with Gasteiger partial charge in [0.2, 0.25) is 11.7 Å². The van der Waals surface area contributed by atoms with Crippen LogP contribution in [0.5, 0.6) is 0 Å². The maximum Gasteiger partial charge on any atom is 0.246 e. The molecule has 4 nitrogen and oxygen atoms in total. The lowest BCUT2D eigenvalue weighted by Crippen LogP contribution is -2.01. The Morgan fingerprint density at radius 1 is 1.35 bits per heavy atom. The summed E-state index contributed by atoms with van der Waals surface area (Å²) in [5.74, 6) is 0.409. The summed E-state index contributed by atoms with van der Waals surface area (Å²) in [6.07, 6.45) is 0. The number of benzene rings is 1. The van der Waals surface area contributed by atoms with Gasteiger partial charge in [-0.1, -0.05) is 22.8 Å². The fourth-order valence-electron chi connectivity index (χ4n) is 1.65. The molecule has 0 atom stereocenters. The Morgan fingerprint density at radius 3 is 3.05 bits per heavy atom. The van der Waals surface area contributed by atoms with Crippen molar-refractivity contribution in [3.05, 3.63) is 51.8 Å². The Hall–Kier alpha value is -1.92. The van der Waals surface area contributed by atoms with Crippen LogP contribution in [0.1, 0.15) is 5.89 Å². The minimum absolute atomic E-state index is 0.0690. The monoisotopic (exact) mass is 309 g/mol. The van der Waals surface area contributed by atoms with Crippen molar-refractivity contribution in [1.82, 2.24) is 10.1 Å². The van der Waals surface area contributed by atoms with E-state index in [-0.39, 0.29) is 11.6 Å². The quantitative estimate of drug-likeness (QED) is 0.784. The smallest absolute Gasteiger partial charge is 0.246 e. The molecule has 0 aliphatic rings. The molecule has 0 radical (unpaired) electrons. The standard InChI is InChI=1S/C13H9ClFN3OS/c14-9-2-1-3-10(12(9)15)16-6-11-17-13(18-19-11)8-4-5-20-7-8/h1-5,7,16H,6H2. The number of thiophene rings is 1. The minimum Gasteiger partial charge on any atom is -0.374 e. The van der Waals surface area contributed by atoms with Crippen LogP contribution >= 0.6 is 22.9 Å². The number of nitrogens with one attached hydrogen (secondary N) is 1. The number of anilines is 1. The number of aromatic nitrogens is 2. The Bertz CT molecular complexity index is 714. The third kappa shape index (κ3) is 2.66. The van der Waals surface area contributed by atoms with E-state index in [1.54, 1.807) is 23.5 Å². The zero-order valence-electron chi connectivity index (χ0n) is 10.1. The summed E-state index contributed by atoms with van der Waals surface area (Å²) < 4.78 is 18.8. The Kier molecular flexibility index (Phi) is 3.66. The van der Waals surface area contributed by atoms with Gasteiger partial charge < -0.3 is 9.84 Å². The Balaban J connectivity index is 1.71. The average Bonchev–Trinajstić information content (AvgIpc) is 3.10. The highest BCUT2D eigenvalue weighted by Crippen LogP contribution is 2.23. The fourth-order valence-corrected chi connectivity index (χ4v) is 2.46. The number of rotatable bonds is 4. The van der Waals surface area contributed by atoms with Crippen molar-refractivity contribution < 1.29 is 8.91 Å². The third-order valence-corrected chi connectivity index (χ3v) is 3.60. The van der Waals surface area contributed by atoms with Crippen LogP contribution in [0.25, 0.3) is 11.4 Å². The summed E-state index contributed by atoms with van der Waals surface area (Å²) >= 11 is 7.26. The zero-order valence-corrected chi connectivity index (χ0v) is 11.7. The Labute approximate surface area is 123 Å². The van der Waals surface area contributed by atoms with Crippen LogP contribution in [0, 0.1) is 5.82 Å². The van der Waals surface area contributed by atoms with Crippen molar-refractivity contribution in [2.75, 3.05) is 5.32 Å². The topological polar surface area (TPSA) is 51.0 Å². The second-order valence-electron chi connectivity index (χ2n) is 3.98. The van der Waals surface area contributed by atoms with Crippen molar-refractivity contribution in [2.45, 2.75) is 6.54 Å². The predicted molar refractivity (Wildman–Crippen MR) is 76.3 cm³/mol. The molecule has 0 saturated heterocycles. The van der Waals surface area contributed by atoms with Crippen molar-refractivity contribution in [1.29, 1.82) is 0 Å². The van der Waals surface area contributed by atoms with E-state index in [4.69, 9.17) is 16.1 Å². The van der Waals surface area contributed by atoms with Gasteiger partial charge in [0, 0.05) is 10.9 Å². The maximum absolute atomic E-state index is 13.7. The van der Waals surface area contributed by atoms with Crippen LogP contribution in [-0.4, -0.2) is 10.1 Å². The molecule has 0 aliphatic carbocycles. The molecule has 0 saturated carbocycles. The van der Waals surface area contributed by atoms with Gasteiger partial charge in [0.25, 0.3) is 0 Å². The lowest BCUT2D eigenvalue weighted by molar-refractivity contribution is 0.384. The fraction of sp³-hybridized carbons (Fsp3) is 0.0769. The van der Waals surface area contributed by atoms with E-state index in [0.29, 0.717) is 17.4 Å². The molecule has 20 heavy (non-hydrogen) atoms. The SMILES string of the molecule is Fc1c(Cl)cccc1NCc1nc(-c2ccsc2)no1.